The lowest BCUT2D eigenvalue weighted by Crippen LogP contribution is -2.48. The van der Waals surface area contributed by atoms with Crippen molar-refractivity contribution < 1.29 is 9.47 Å². The number of ether oxygens (including phenoxy) is 2. The number of aryl methyl sites for hydroxylation is 1. The highest BCUT2D eigenvalue weighted by atomic mass is 16.7. The van der Waals surface area contributed by atoms with Crippen molar-refractivity contribution in [2.24, 2.45) is 0 Å². The van der Waals surface area contributed by atoms with E-state index in [9.17, 15) is 0 Å². The van der Waals surface area contributed by atoms with Crippen molar-refractivity contribution in [1.29, 1.82) is 0 Å². The van der Waals surface area contributed by atoms with Gasteiger partial charge in [0.1, 0.15) is 0 Å². The Kier molecular flexibility index (Phi) is 3.13. The number of nitrogens with one attached hydrogen (secondary N) is 1. The van der Waals surface area contributed by atoms with E-state index in [0.29, 0.717) is 12.1 Å². The molecule has 0 amide bonds. The lowest BCUT2D eigenvalue weighted by molar-refractivity contribution is -0.189. The largest absolute Gasteiger partial charge is 0.347 e. The minimum Gasteiger partial charge on any atom is -0.347 e. The van der Waals surface area contributed by atoms with Gasteiger partial charge in [0.05, 0.1) is 24.9 Å². The summed E-state index contributed by atoms with van der Waals surface area (Å²) in [6.45, 7) is 3.45. The van der Waals surface area contributed by atoms with E-state index in [-0.39, 0.29) is 5.79 Å². The highest BCUT2D eigenvalue weighted by Crippen LogP contribution is 2.40. The first-order valence-corrected chi connectivity index (χ1v) is 6.69. The second kappa shape index (κ2) is 4.64. The number of nitrogens with zero attached hydrogens (tertiary/aromatic N) is 2. The van der Waals surface area contributed by atoms with E-state index >= 15 is 0 Å². The Morgan fingerprint density at radius 2 is 2.22 bits per heavy atom. The molecular formula is C13H21N3O2. The van der Waals surface area contributed by atoms with E-state index < -0.39 is 0 Å². The topological polar surface area (TPSA) is 48.3 Å². The maximum Gasteiger partial charge on any atom is 0.170 e. The van der Waals surface area contributed by atoms with Gasteiger partial charge in [-0.1, -0.05) is 0 Å². The Labute approximate surface area is 107 Å². The van der Waals surface area contributed by atoms with E-state index in [1.165, 1.54) is 0 Å². The van der Waals surface area contributed by atoms with Gasteiger partial charge < -0.3 is 14.8 Å². The third-order valence-corrected chi connectivity index (χ3v) is 4.09. The van der Waals surface area contributed by atoms with Crippen LogP contribution in [0.25, 0.3) is 0 Å². The third kappa shape index (κ3) is 2.06. The molecule has 1 spiro atoms. The van der Waals surface area contributed by atoms with Crippen LogP contribution in [-0.4, -0.2) is 41.9 Å². The Bertz CT molecular complexity index is 412. The number of likely N-dealkylation sites (N-methyl/N-ethyl adjacent to an activating group) is 1. The zero-order valence-electron chi connectivity index (χ0n) is 11.1. The second-order valence-corrected chi connectivity index (χ2v) is 5.25. The van der Waals surface area contributed by atoms with Gasteiger partial charge in [-0.3, -0.25) is 4.68 Å². The van der Waals surface area contributed by atoms with E-state index in [1.54, 1.807) is 0 Å². The van der Waals surface area contributed by atoms with E-state index in [0.717, 1.165) is 38.2 Å². The Morgan fingerprint density at radius 3 is 2.83 bits per heavy atom. The molecule has 1 N–H and O–H groups in total. The second-order valence-electron chi connectivity index (χ2n) is 5.25. The highest BCUT2D eigenvalue weighted by molar-refractivity contribution is 5.00. The van der Waals surface area contributed by atoms with Crippen LogP contribution in [0.15, 0.2) is 12.3 Å². The van der Waals surface area contributed by atoms with Crippen LogP contribution in [0.1, 0.15) is 31.0 Å². The molecule has 1 aromatic heterocycles. The predicted octanol–water partition coefficient (Wildman–Crippen LogP) is 1.25. The van der Waals surface area contributed by atoms with Crippen molar-refractivity contribution in [3.63, 3.8) is 0 Å². The molecule has 2 aliphatic rings. The van der Waals surface area contributed by atoms with E-state index in [4.69, 9.17) is 9.47 Å². The lowest BCUT2D eigenvalue weighted by atomic mass is 9.85. The van der Waals surface area contributed by atoms with E-state index in [2.05, 4.69) is 21.3 Å². The zero-order valence-corrected chi connectivity index (χ0v) is 11.1. The maximum absolute atomic E-state index is 5.84. The molecule has 18 heavy (non-hydrogen) atoms. The number of rotatable bonds is 2. The summed E-state index contributed by atoms with van der Waals surface area (Å²) in [7, 11) is 2.02. The molecule has 0 radical (unpaired) electrons. The van der Waals surface area contributed by atoms with Crippen LogP contribution < -0.4 is 5.32 Å². The van der Waals surface area contributed by atoms with Gasteiger partial charge in [-0.2, -0.15) is 5.10 Å². The molecule has 1 saturated heterocycles. The number of hydrogen-bond donors (Lipinski definition) is 1. The Balaban J connectivity index is 1.83. The van der Waals surface area contributed by atoms with Gasteiger partial charge >= 0.3 is 0 Å². The fourth-order valence-corrected chi connectivity index (χ4v) is 3.12. The lowest BCUT2D eigenvalue weighted by Gasteiger charge is -2.41. The van der Waals surface area contributed by atoms with Crippen LogP contribution in [0.3, 0.4) is 0 Å². The molecule has 2 fully saturated rings. The molecule has 3 rings (SSSR count). The van der Waals surface area contributed by atoms with Crippen molar-refractivity contribution in [2.45, 2.75) is 44.1 Å². The fourth-order valence-electron chi connectivity index (χ4n) is 3.12. The maximum atomic E-state index is 5.84. The summed E-state index contributed by atoms with van der Waals surface area (Å²) in [4.78, 5) is 0. The molecule has 0 bridgehead atoms. The predicted molar refractivity (Wildman–Crippen MR) is 67.3 cm³/mol. The first kappa shape index (κ1) is 12.1. The van der Waals surface area contributed by atoms with Crippen LogP contribution in [0.2, 0.25) is 0 Å². The van der Waals surface area contributed by atoms with E-state index in [1.807, 2.05) is 20.0 Å². The quantitative estimate of drug-likeness (QED) is 0.859. The molecule has 1 aliphatic carbocycles. The van der Waals surface area contributed by atoms with Crippen molar-refractivity contribution >= 4 is 0 Å². The highest BCUT2D eigenvalue weighted by Gasteiger charge is 2.45. The molecule has 1 saturated carbocycles. The molecule has 0 aromatic carbocycles. The third-order valence-electron chi connectivity index (χ3n) is 4.09. The molecule has 2 atom stereocenters. The van der Waals surface area contributed by atoms with Gasteiger partial charge in [0, 0.05) is 25.1 Å². The summed E-state index contributed by atoms with van der Waals surface area (Å²) in [5, 5.41) is 7.95. The van der Waals surface area contributed by atoms with Crippen LogP contribution >= 0.6 is 0 Å². The first-order chi connectivity index (χ1) is 8.72. The van der Waals surface area contributed by atoms with Gasteiger partial charge in [-0.25, -0.2) is 0 Å². The van der Waals surface area contributed by atoms with Crippen LogP contribution in [0.5, 0.6) is 0 Å². The van der Waals surface area contributed by atoms with Crippen LogP contribution in [0, 0.1) is 6.92 Å². The SMILES string of the molecule is CNC1CCC2(CC1n1ccc(C)n1)OCCO2. The first-order valence-electron chi connectivity index (χ1n) is 6.69. The average molecular weight is 251 g/mol. The summed E-state index contributed by atoms with van der Waals surface area (Å²) in [6, 6.07) is 2.78. The average Bonchev–Trinajstić information content (AvgIpc) is 2.99. The van der Waals surface area contributed by atoms with Crippen molar-refractivity contribution in [3.05, 3.63) is 18.0 Å². The standard InChI is InChI=1S/C13H21N3O2/c1-10-4-6-16(15-10)12-9-13(17-7-8-18-13)5-3-11(12)14-2/h4,6,11-12,14H,3,5,7-9H2,1-2H3. The molecule has 2 unspecified atom stereocenters. The van der Waals surface area contributed by atoms with Gasteiger partial charge in [-0.05, 0) is 26.5 Å². The minimum absolute atomic E-state index is 0.301. The van der Waals surface area contributed by atoms with Crippen molar-refractivity contribution in [2.75, 3.05) is 20.3 Å². The summed E-state index contributed by atoms with van der Waals surface area (Å²) >= 11 is 0. The summed E-state index contributed by atoms with van der Waals surface area (Å²) < 4.78 is 13.7. The Hall–Kier alpha value is -0.910. The van der Waals surface area contributed by atoms with Gasteiger partial charge in [0.15, 0.2) is 5.79 Å². The zero-order chi connectivity index (χ0) is 12.6. The van der Waals surface area contributed by atoms with Gasteiger partial charge in [0.25, 0.3) is 0 Å². The molecular weight excluding hydrogens is 230 g/mol. The smallest absolute Gasteiger partial charge is 0.170 e. The minimum atomic E-state index is -0.363. The number of hydrogen-bond acceptors (Lipinski definition) is 4. The molecule has 5 nitrogen and oxygen atoms in total. The molecule has 1 aromatic rings. The van der Waals surface area contributed by atoms with Crippen LogP contribution in [0.4, 0.5) is 0 Å². The molecule has 1 aliphatic heterocycles. The van der Waals surface area contributed by atoms with Crippen molar-refractivity contribution in [1.82, 2.24) is 15.1 Å². The monoisotopic (exact) mass is 251 g/mol. The fraction of sp³-hybridized carbons (Fsp3) is 0.769. The van der Waals surface area contributed by atoms with Crippen molar-refractivity contribution in [3.8, 4) is 0 Å². The normalized spacial score (nSPS) is 31.0. The van der Waals surface area contributed by atoms with Crippen LogP contribution in [-0.2, 0) is 9.47 Å². The summed E-state index contributed by atoms with van der Waals surface area (Å²) in [6.07, 6.45) is 4.95. The molecule has 5 heteroatoms. The number of aromatic nitrogens is 2. The molecule has 2 heterocycles. The summed E-state index contributed by atoms with van der Waals surface area (Å²) in [5.74, 6) is -0.363. The van der Waals surface area contributed by atoms with Gasteiger partial charge in [-0.15, -0.1) is 0 Å². The Morgan fingerprint density at radius 1 is 1.44 bits per heavy atom. The van der Waals surface area contributed by atoms with Gasteiger partial charge in [0.2, 0.25) is 0 Å². The summed E-state index contributed by atoms with van der Waals surface area (Å²) in [5.41, 5.74) is 1.05. The molecule has 100 valence electrons.